The lowest BCUT2D eigenvalue weighted by molar-refractivity contribution is 0.0406. The van der Waals surface area contributed by atoms with Crippen molar-refractivity contribution in [1.29, 1.82) is 0 Å². The van der Waals surface area contributed by atoms with E-state index in [0.29, 0.717) is 10.8 Å². The predicted molar refractivity (Wildman–Crippen MR) is 79.8 cm³/mol. The molecule has 1 aromatic carbocycles. The van der Waals surface area contributed by atoms with Crippen LogP contribution in [0.15, 0.2) is 18.2 Å². The molecule has 104 valence electrons. The summed E-state index contributed by atoms with van der Waals surface area (Å²) in [5, 5.41) is 0. The molecule has 0 amide bonds. The molecule has 1 saturated carbocycles. The lowest BCUT2D eigenvalue weighted by Crippen LogP contribution is -2.47. The van der Waals surface area contributed by atoms with Crippen LogP contribution in [0.4, 0.5) is 0 Å². The minimum Gasteiger partial charge on any atom is -0.497 e. The summed E-state index contributed by atoms with van der Waals surface area (Å²) < 4.78 is 5.46. The van der Waals surface area contributed by atoms with E-state index in [1.54, 1.807) is 18.2 Å². The van der Waals surface area contributed by atoms with Crippen molar-refractivity contribution in [3.63, 3.8) is 0 Å². The van der Waals surface area contributed by atoms with Crippen molar-refractivity contribution in [2.24, 2.45) is 11.3 Å². The maximum Gasteiger partial charge on any atom is 0.119 e. The van der Waals surface area contributed by atoms with E-state index in [-0.39, 0.29) is 0 Å². The summed E-state index contributed by atoms with van der Waals surface area (Å²) in [5.74, 6) is 1.83. The summed E-state index contributed by atoms with van der Waals surface area (Å²) in [5.41, 5.74) is 3.95. The van der Waals surface area contributed by atoms with Gasteiger partial charge in [0.2, 0.25) is 0 Å². The van der Waals surface area contributed by atoms with E-state index >= 15 is 0 Å². The van der Waals surface area contributed by atoms with Crippen molar-refractivity contribution in [2.75, 3.05) is 7.11 Å². The predicted octanol–water partition coefficient (Wildman–Crippen LogP) is 4.73. The Balaban J connectivity index is 2.11. The van der Waals surface area contributed by atoms with Gasteiger partial charge in [-0.15, -0.1) is 0 Å². The van der Waals surface area contributed by atoms with E-state index in [2.05, 4.69) is 39.0 Å². The number of ether oxygens (including phenoxy) is 1. The highest BCUT2D eigenvalue weighted by atomic mass is 16.5. The first kappa shape index (κ1) is 13.0. The maximum absolute atomic E-state index is 5.46. The first-order valence-corrected chi connectivity index (χ1v) is 7.65. The van der Waals surface area contributed by atoms with Gasteiger partial charge in [-0.1, -0.05) is 33.3 Å². The van der Waals surface area contributed by atoms with Crippen LogP contribution in [-0.2, 0) is 11.8 Å². The third-order valence-electron chi connectivity index (χ3n) is 5.86. The van der Waals surface area contributed by atoms with E-state index in [1.165, 1.54) is 32.1 Å². The zero-order valence-corrected chi connectivity index (χ0v) is 12.8. The largest absolute Gasteiger partial charge is 0.497 e. The van der Waals surface area contributed by atoms with Gasteiger partial charge in [-0.05, 0) is 65.7 Å². The Morgan fingerprint density at radius 1 is 1.16 bits per heavy atom. The highest BCUT2D eigenvalue weighted by Gasteiger charge is 2.49. The highest BCUT2D eigenvalue weighted by molar-refractivity contribution is 5.43. The van der Waals surface area contributed by atoms with E-state index in [4.69, 9.17) is 4.74 Å². The molecule has 0 aliphatic heterocycles. The van der Waals surface area contributed by atoms with Crippen molar-refractivity contribution >= 4 is 0 Å². The highest BCUT2D eigenvalue weighted by Crippen LogP contribution is 2.57. The number of aryl methyl sites for hydroxylation is 1. The third-order valence-corrected chi connectivity index (χ3v) is 5.86. The van der Waals surface area contributed by atoms with Gasteiger partial charge in [0.25, 0.3) is 0 Å². The zero-order valence-electron chi connectivity index (χ0n) is 12.8. The molecule has 2 atom stereocenters. The van der Waals surface area contributed by atoms with Crippen LogP contribution in [-0.4, -0.2) is 7.11 Å². The van der Waals surface area contributed by atoms with Gasteiger partial charge >= 0.3 is 0 Å². The summed E-state index contributed by atoms with van der Waals surface area (Å²) in [6.45, 7) is 7.44. The monoisotopic (exact) mass is 258 g/mol. The summed E-state index contributed by atoms with van der Waals surface area (Å²) >= 11 is 0. The number of hydrogen-bond donors (Lipinski definition) is 0. The van der Waals surface area contributed by atoms with Crippen LogP contribution < -0.4 is 4.74 Å². The number of hydrogen-bond acceptors (Lipinski definition) is 1. The minimum absolute atomic E-state index is 0.351. The molecule has 0 radical (unpaired) electrons. The minimum atomic E-state index is 0.351. The molecule has 0 heterocycles. The first-order valence-electron chi connectivity index (χ1n) is 7.65. The van der Waals surface area contributed by atoms with E-state index in [0.717, 1.165) is 11.7 Å². The Morgan fingerprint density at radius 2 is 1.95 bits per heavy atom. The average Bonchev–Trinajstić information content (AvgIpc) is 2.37. The molecular weight excluding hydrogens is 232 g/mol. The molecule has 0 bridgehead atoms. The second-order valence-corrected chi connectivity index (χ2v) is 7.37. The van der Waals surface area contributed by atoms with Crippen LogP contribution in [0.5, 0.6) is 5.75 Å². The molecule has 2 aliphatic carbocycles. The molecule has 1 heteroatoms. The topological polar surface area (TPSA) is 9.23 Å². The SMILES string of the molecule is COc1ccc2c(c1)[C@@]1(C)CCCC(C)(C)[C@H]1CC2. The van der Waals surface area contributed by atoms with Gasteiger partial charge in [0.1, 0.15) is 5.75 Å². The molecule has 0 spiro atoms. The van der Waals surface area contributed by atoms with Crippen LogP contribution in [0.25, 0.3) is 0 Å². The van der Waals surface area contributed by atoms with Crippen LogP contribution in [0, 0.1) is 11.3 Å². The Bertz CT molecular complexity index is 488. The smallest absolute Gasteiger partial charge is 0.119 e. The summed E-state index contributed by atoms with van der Waals surface area (Å²) in [4.78, 5) is 0. The fraction of sp³-hybridized carbons (Fsp3) is 0.667. The van der Waals surface area contributed by atoms with Crippen molar-refractivity contribution in [3.05, 3.63) is 29.3 Å². The number of rotatable bonds is 1. The van der Waals surface area contributed by atoms with Crippen molar-refractivity contribution in [1.82, 2.24) is 0 Å². The lowest BCUT2D eigenvalue weighted by Gasteiger charge is -2.54. The van der Waals surface area contributed by atoms with E-state index in [9.17, 15) is 0 Å². The molecular formula is C18H26O. The molecule has 1 aromatic rings. The van der Waals surface area contributed by atoms with Crippen LogP contribution in [0.2, 0.25) is 0 Å². The Morgan fingerprint density at radius 3 is 2.68 bits per heavy atom. The maximum atomic E-state index is 5.46. The molecule has 19 heavy (non-hydrogen) atoms. The van der Waals surface area contributed by atoms with Crippen LogP contribution >= 0.6 is 0 Å². The lowest BCUT2D eigenvalue weighted by atomic mass is 9.50. The molecule has 0 saturated heterocycles. The summed E-state index contributed by atoms with van der Waals surface area (Å²) in [6.07, 6.45) is 6.66. The van der Waals surface area contributed by atoms with E-state index in [1.807, 2.05) is 0 Å². The zero-order chi connectivity index (χ0) is 13.7. The molecule has 0 aromatic heterocycles. The Kier molecular flexibility index (Phi) is 2.92. The Hall–Kier alpha value is -0.980. The Labute approximate surface area is 117 Å². The summed E-state index contributed by atoms with van der Waals surface area (Å²) in [7, 11) is 1.77. The first-order chi connectivity index (χ1) is 8.97. The van der Waals surface area contributed by atoms with Gasteiger partial charge in [0.05, 0.1) is 7.11 Å². The molecule has 1 fully saturated rings. The number of fused-ring (bicyclic) bond motifs is 3. The van der Waals surface area contributed by atoms with Gasteiger partial charge in [0.15, 0.2) is 0 Å². The van der Waals surface area contributed by atoms with Crippen molar-refractivity contribution < 1.29 is 4.74 Å². The van der Waals surface area contributed by atoms with Crippen molar-refractivity contribution in [2.45, 2.75) is 58.3 Å². The molecule has 3 rings (SSSR count). The fourth-order valence-electron chi connectivity index (χ4n) is 4.89. The average molecular weight is 258 g/mol. The number of benzene rings is 1. The molecule has 0 N–H and O–H groups in total. The molecule has 1 nitrogen and oxygen atoms in total. The standard InChI is InChI=1S/C18H26O/c1-17(2)10-5-11-18(3)15-12-14(19-4)8-6-13(15)7-9-16(17)18/h6,8,12,16H,5,7,9-11H2,1-4H3/t16-,18-/m1/s1. The van der Waals surface area contributed by atoms with Gasteiger partial charge in [-0.25, -0.2) is 0 Å². The second-order valence-electron chi connectivity index (χ2n) is 7.37. The van der Waals surface area contributed by atoms with Gasteiger partial charge in [-0.3, -0.25) is 0 Å². The normalized spacial score (nSPS) is 32.3. The second kappa shape index (κ2) is 4.26. The van der Waals surface area contributed by atoms with Gasteiger partial charge in [-0.2, -0.15) is 0 Å². The van der Waals surface area contributed by atoms with Crippen LogP contribution in [0.1, 0.15) is 57.6 Å². The number of methoxy groups -OCH3 is 1. The van der Waals surface area contributed by atoms with Crippen LogP contribution in [0.3, 0.4) is 0 Å². The van der Waals surface area contributed by atoms with E-state index < -0.39 is 0 Å². The third kappa shape index (κ3) is 1.89. The summed E-state index contributed by atoms with van der Waals surface area (Å²) in [6, 6.07) is 6.72. The molecule has 2 aliphatic rings. The van der Waals surface area contributed by atoms with Gasteiger partial charge in [0, 0.05) is 0 Å². The quantitative estimate of drug-likeness (QED) is 0.708. The van der Waals surface area contributed by atoms with Gasteiger partial charge < -0.3 is 4.74 Å². The fourth-order valence-corrected chi connectivity index (χ4v) is 4.89. The van der Waals surface area contributed by atoms with Crippen molar-refractivity contribution in [3.8, 4) is 5.75 Å². The molecule has 0 unspecified atom stereocenters.